The molecular weight excluding hydrogens is 291 g/mol. The quantitative estimate of drug-likeness (QED) is 0.674. The maximum atomic E-state index is 13.6. The monoisotopic (exact) mass is 304 g/mol. The number of rotatable bonds is 3. The molecule has 0 fully saturated rings. The van der Waals surface area contributed by atoms with Gasteiger partial charge in [-0.3, -0.25) is 0 Å². The lowest BCUT2D eigenvalue weighted by Crippen LogP contribution is -2.18. The third-order valence-electron chi connectivity index (χ3n) is 2.80. The zero-order valence-electron chi connectivity index (χ0n) is 11.2. The SMILES string of the molecule is COC(=O)c1cc(F)cc(-c2ccc(NC(N)=S)cc2)c1. The van der Waals surface area contributed by atoms with Gasteiger partial charge in [0.25, 0.3) is 0 Å². The lowest BCUT2D eigenvalue weighted by molar-refractivity contribution is 0.0600. The molecule has 2 aromatic rings. The minimum Gasteiger partial charge on any atom is -0.465 e. The van der Waals surface area contributed by atoms with E-state index in [1.165, 1.54) is 13.2 Å². The van der Waals surface area contributed by atoms with Crippen LogP contribution in [0.4, 0.5) is 10.1 Å². The van der Waals surface area contributed by atoms with Gasteiger partial charge in [-0.15, -0.1) is 0 Å². The van der Waals surface area contributed by atoms with E-state index in [0.29, 0.717) is 5.56 Å². The molecule has 108 valence electrons. The topological polar surface area (TPSA) is 64.3 Å². The highest BCUT2D eigenvalue weighted by atomic mass is 32.1. The van der Waals surface area contributed by atoms with Crippen LogP contribution in [-0.2, 0) is 4.74 Å². The second-order valence-electron chi connectivity index (χ2n) is 4.29. The number of nitrogens with two attached hydrogens (primary N) is 1. The molecule has 0 amide bonds. The molecule has 0 heterocycles. The number of methoxy groups -OCH3 is 1. The van der Waals surface area contributed by atoms with Crippen molar-refractivity contribution in [2.45, 2.75) is 0 Å². The summed E-state index contributed by atoms with van der Waals surface area (Å²) in [6.07, 6.45) is 0. The van der Waals surface area contributed by atoms with Crippen LogP contribution in [0, 0.1) is 5.82 Å². The first-order chi connectivity index (χ1) is 9.99. The second-order valence-corrected chi connectivity index (χ2v) is 4.73. The van der Waals surface area contributed by atoms with E-state index in [4.69, 9.17) is 18.0 Å². The fourth-order valence-electron chi connectivity index (χ4n) is 1.88. The second kappa shape index (κ2) is 6.32. The molecule has 0 aromatic heterocycles. The molecule has 4 nitrogen and oxygen atoms in total. The van der Waals surface area contributed by atoms with Gasteiger partial charge >= 0.3 is 5.97 Å². The molecule has 0 unspecified atom stereocenters. The fourth-order valence-corrected chi connectivity index (χ4v) is 2.00. The fraction of sp³-hybridized carbons (Fsp3) is 0.0667. The Balaban J connectivity index is 2.35. The van der Waals surface area contributed by atoms with E-state index >= 15 is 0 Å². The van der Waals surface area contributed by atoms with Crippen LogP contribution in [0.5, 0.6) is 0 Å². The first-order valence-corrected chi connectivity index (χ1v) is 6.46. The lowest BCUT2D eigenvalue weighted by atomic mass is 10.0. The van der Waals surface area contributed by atoms with Gasteiger partial charge in [0, 0.05) is 5.69 Å². The van der Waals surface area contributed by atoms with Crippen molar-refractivity contribution in [1.29, 1.82) is 0 Å². The Morgan fingerprint density at radius 1 is 1.19 bits per heavy atom. The Labute approximate surface area is 126 Å². The van der Waals surface area contributed by atoms with Crippen LogP contribution in [0.25, 0.3) is 11.1 Å². The number of hydrogen-bond donors (Lipinski definition) is 2. The Hall–Kier alpha value is -2.47. The van der Waals surface area contributed by atoms with Crippen LogP contribution in [0.3, 0.4) is 0 Å². The van der Waals surface area contributed by atoms with Gasteiger partial charge < -0.3 is 15.8 Å². The van der Waals surface area contributed by atoms with Gasteiger partial charge in [-0.25, -0.2) is 9.18 Å². The van der Waals surface area contributed by atoms with Crippen molar-refractivity contribution in [3.05, 3.63) is 53.8 Å². The number of benzene rings is 2. The summed E-state index contributed by atoms with van der Waals surface area (Å²) >= 11 is 4.75. The molecule has 3 N–H and O–H groups in total. The summed E-state index contributed by atoms with van der Waals surface area (Å²) in [5.41, 5.74) is 7.62. The smallest absolute Gasteiger partial charge is 0.337 e. The molecule has 0 radical (unpaired) electrons. The van der Waals surface area contributed by atoms with E-state index in [1.807, 2.05) is 0 Å². The van der Waals surface area contributed by atoms with E-state index in [2.05, 4.69) is 10.1 Å². The maximum Gasteiger partial charge on any atom is 0.337 e. The summed E-state index contributed by atoms with van der Waals surface area (Å²) in [6.45, 7) is 0. The molecule has 21 heavy (non-hydrogen) atoms. The molecule has 0 atom stereocenters. The Bertz CT molecular complexity index is 687. The van der Waals surface area contributed by atoms with Crippen molar-refractivity contribution in [3.8, 4) is 11.1 Å². The number of thiocarbonyl (C=S) groups is 1. The molecule has 2 rings (SSSR count). The first-order valence-electron chi connectivity index (χ1n) is 6.05. The summed E-state index contributed by atoms with van der Waals surface area (Å²) in [4.78, 5) is 11.5. The summed E-state index contributed by atoms with van der Waals surface area (Å²) in [5, 5.41) is 2.96. The molecular formula is C15H13FN2O2S. The molecule has 0 aliphatic carbocycles. The minimum absolute atomic E-state index is 0.165. The highest BCUT2D eigenvalue weighted by Gasteiger charge is 2.10. The van der Waals surface area contributed by atoms with Crippen molar-refractivity contribution in [2.75, 3.05) is 12.4 Å². The van der Waals surface area contributed by atoms with Crippen LogP contribution < -0.4 is 11.1 Å². The summed E-state index contributed by atoms with van der Waals surface area (Å²) in [7, 11) is 1.25. The molecule has 0 saturated heterocycles. The van der Waals surface area contributed by atoms with E-state index in [1.54, 1.807) is 30.3 Å². The summed E-state index contributed by atoms with van der Waals surface area (Å²) < 4.78 is 18.2. The van der Waals surface area contributed by atoms with Crippen molar-refractivity contribution >= 4 is 29.0 Å². The average Bonchev–Trinajstić information content (AvgIpc) is 2.46. The van der Waals surface area contributed by atoms with E-state index in [9.17, 15) is 9.18 Å². The van der Waals surface area contributed by atoms with Gasteiger partial charge in [-0.05, 0) is 53.7 Å². The van der Waals surface area contributed by atoms with Crippen LogP contribution in [0.1, 0.15) is 10.4 Å². The molecule has 0 spiro atoms. The van der Waals surface area contributed by atoms with Gasteiger partial charge in [0.2, 0.25) is 0 Å². The highest BCUT2D eigenvalue weighted by molar-refractivity contribution is 7.80. The van der Waals surface area contributed by atoms with Gasteiger partial charge in [-0.1, -0.05) is 12.1 Å². The van der Waals surface area contributed by atoms with Crippen molar-refractivity contribution in [1.82, 2.24) is 0 Å². The number of carbonyl (C=O) groups excluding carboxylic acids is 1. The van der Waals surface area contributed by atoms with Crippen molar-refractivity contribution < 1.29 is 13.9 Å². The number of esters is 1. The number of carbonyl (C=O) groups is 1. The summed E-state index contributed by atoms with van der Waals surface area (Å²) in [6, 6.07) is 11.1. The predicted molar refractivity (Wildman–Crippen MR) is 83.6 cm³/mol. The van der Waals surface area contributed by atoms with Crippen LogP contribution >= 0.6 is 12.2 Å². The largest absolute Gasteiger partial charge is 0.465 e. The number of halogens is 1. The molecule has 0 bridgehead atoms. The lowest BCUT2D eigenvalue weighted by Gasteiger charge is -2.07. The third kappa shape index (κ3) is 3.76. The average molecular weight is 304 g/mol. The Morgan fingerprint density at radius 2 is 1.86 bits per heavy atom. The van der Waals surface area contributed by atoms with Crippen LogP contribution in [0.15, 0.2) is 42.5 Å². The van der Waals surface area contributed by atoms with Crippen LogP contribution in [-0.4, -0.2) is 18.2 Å². The zero-order valence-corrected chi connectivity index (χ0v) is 12.0. The molecule has 6 heteroatoms. The Kier molecular flexibility index (Phi) is 4.49. The van der Waals surface area contributed by atoms with Gasteiger partial charge in [-0.2, -0.15) is 0 Å². The van der Waals surface area contributed by atoms with E-state index < -0.39 is 11.8 Å². The van der Waals surface area contributed by atoms with E-state index in [-0.39, 0.29) is 10.7 Å². The maximum absolute atomic E-state index is 13.6. The normalized spacial score (nSPS) is 10.0. The van der Waals surface area contributed by atoms with Crippen LogP contribution in [0.2, 0.25) is 0 Å². The number of nitrogens with one attached hydrogen (secondary N) is 1. The summed E-state index contributed by atoms with van der Waals surface area (Å²) in [5.74, 6) is -1.08. The third-order valence-corrected chi connectivity index (χ3v) is 2.91. The van der Waals surface area contributed by atoms with Crippen molar-refractivity contribution in [2.24, 2.45) is 5.73 Å². The zero-order chi connectivity index (χ0) is 15.4. The standard InChI is InChI=1S/C15H13FN2O2S/c1-20-14(19)11-6-10(7-12(16)8-11)9-2-4-13(5-3-9)18-15(17)21/h2-8H,1H3,(H3,17,18,21). The van der Waals surface area contributed by atoms with Crippen molar-refractivity contribution in [3.63, 3.8) is 0 Å². The molecule has 0 aliphatic heterocycles. The van der Waals surface area contributed by atoms with E-state index in [0.717, 1.165) is 17.3 Å². The number of ether oxygens (including phenoxy) is 1. The Morgan fingerprint density at radius 3 is 2.43 bits per heavy atom. The minimum atomic E-state index is -0.581. The predicted octanol–water partition coefficient (Wildman–Crippen LogP) is 2.93. The molecule has 0 saturated carbocycles. The number of anilines is 1. The van der Waals surface area contributed by atoms with Gasteiger partial charge in [0.15, 0.2) is 5.11 Å². The number of hydrogen-bond acceptors (Lipinski definition) is 3. The first kappa shape index (κ1) is 14.9. The van der Waals surface area contributed by atoms with Gasteiger partial charge in [0.1, 0.15) is 5.82 Å². The molecule has 0 aliphatic rings. The van der Waals surface area contributed by atoms with Gasteiger partial charge in [0.05, 0.1) is 12.7 Å². The molecule has 2 aromatic carbocycles. The highest BCUT2D eigenvalue weighted by Crippen LogP contribution is 2.24.